The molecule has 0 spiro atoms. The van der Waals surface area contributed by atoms with Crippen LogP contribution in [0.5, 0.6) is 0 Å². The van der Waals surface area contributed by atoms with Crippen LogP contribution < -0.4 is 0 Å². The SMILES string of the molecule is CC(C)CCCC(C)(O)CC=O. The summed E-state index contributed by atoms with van der Waals surface area (Å²) in [4.78, 5) is 10.2. The molecule has 1 unspecified atom stereocenters. The number of carbonyl (C=O) groups excluding carboxylic acids is 1. The largest absolute Gasteiger partial charge is 0.390 e. The average molecular weight is 172 g/mol. The van der Waals surface area contributed by atoms with Crippen LogP contribution in [0.25, 0.3) is 0 Å². The zero-order valence-electron chi connectivity index (χ0n) is 8.34. The van der Waals surface area contributed by atoms with Crippen molar-refractivity contribution >= 4 is 6.29 Å². The lowest BCUT2D eigenvalue weighted by Crippen LogP contribution is -2.24. The molecule has 2 nitrogen and oxygen atoms in total. The molecule has 12 heavy (non-hydrogen) atoms. The minimum Gasteiger partial charge on any atom is -0.390 e. The molecule has 0 radical (unpaired) electrons. The Morgan fingerprint density at radius 1 is 1.50 bits per heavy atom. The molecule has 2 heteroatoms. The van der Waals surface area contributed by atoms with Crippen LogP contribution in [0.1, 0.15) is 46.5 Å². The van der Waals surface area contributed by atoms with Crippen molar-refractivity contribution in [3.05, 3.63) is 0 Å². The molecule has 0 heterocycles. The van der Waals surface area contributed by atoms with Gasteiger partial charge in [0.05, 0.1) is 5.60 Å². The highest BCUT2D eigenvalue weighted by molar-refractivity contribution is 5.51. The molecule has 1 atom stereocenters. The van der Waals surface area contributed by atoms with E-state index in [0.717, 1.165) is 25.5 Å². The van der Waals surface area contributed by atoms with E-state index in [1.165, 1.54) is 0 Å². The topological polar surface area (TPSA) is 37.3 Å². The van der Waals surface area contributed by atoms with Gasteiger partial charge in [0, 0.05) is 6.42 Å². The number of rotatable bonds is 6. The van der Waals surface area contributed by atoms with E-state index >= 15 is 0 Å². The summed E-state index contributed by atoms with van der Waals surface area (Å²) in [6.45, 7) is 6.05. The first-order valence-corrected chi connectivity index (χ1v) is 4.64. The maximum absolute atomic E-state index is 10.2. The molecular formula is C10H20O2. The molecule has 0 aliphatic rings. The van der Waals surface area contributed by atoms with Crippen LogP contribution in [0.15, 0.2) is 0 Å². The van der Waals surface area contributed by atoms with Gasteiger partial charge in [0.2, 0.25) is 0 Å². The molecule has 0 fully saturated rings. The van der Waals surface area contributed by atoms with Crippen LogP contribution in [0.2, 0.25) is 0 Å². The zero-order valence-corrected chi connectivity index (χ0v) is 8.34. The van der Waals surface area contributed by atoms with Crippen molar-refractivity contribution in [3.63, 3.8) is 0 Å². The lowest BCUT2D eigenvalue weighted by Gasteiger charge is -2.20. The third-order valence-corrected chi connectivity index (χ3v) is 2.02. The molecule has 0 bridgehead atoms. The van der Waals surface area contributed by atoms with Crippen molar-refractivity contribution in [3.8, 4) is 0 Å². The lowest BCUT2D eigenvalue weighted by molar-refractivity contribution is -0.112. The second-order valence-corrected chi connectivity index (χ2v) is 4.15. The Kier molecular flexibility index (Phi) is 5.14. The van der Waals surface area contributed by atoms with Gasteiger partial charge in [0.15, 0.2) is 0 Å². The highest BCUT2D eigenvalue weighted by Gasteiger charge is 2.18. The van der Waals surface area contributed by atoms with Crippen molar-refractivity contribution in [1.29, 1.82) is 0 Å². The van der Waals surface area contributed by atoms with Crippen LogP contribution >= 0.6 is 0 Å². The van der Waals surface area contributed by atoms with Crippen molar-refractivity contribution in [1.82, 2.24) is 0 Å². The molecule has 0 saturated heterocycles. The van der Waals surface area contributed by atoms with Crippen molar-refractivity contribution in [2.75, 3.05) is 0 Å². The fourth-order valence-electron chi connectivity index (χ4n) is 1.17. The van der Waals surface area contributed by atoms with E-state index < -0.39 is 5.60 Å². The minimum absolute atomic E-state index is 0.255. The Bertz CT molecular complexity index is 128. The quantitative estimate of drug-likeness (QED) is 0.623. The Morgan fingerprint density at radius 2 is 2.08 bits per heavy atom. The molecule has 0 rings (SSSR count). The number of aliphatic hydroxyl groups is 1. The van der Waals surface area contributed by atoms with E-state index in [4.69, 9.17) is 0 Å². The molecule has 0 aromatic rings. The van der Waals surface area contributed by atoms with E-state index in [1.54, 1.807) is 6.92 Å². The van der Waals surface area contributed by atoms with Crippen LogP contribution in [0.4, 0.5) is 0 Å². The van der Waals surface area contributed by atoms with Gasteiger partial charge in [-0.1, -0.05) is 26.7 Å². The van der Waals surface area contributed by atoms with Gasteiger partial charge in [-0.25, -0.2) is 0 Å². The van der Waals surface area contributed by atoms with Gasteiger partial charge in [0.25, 0.3) is 0 Å². The van der Waals surface area contributed by atoms with Crippen LogP contribution in [0, 0.1) is 5.92 Å². The van der Waals surface area contributed by atoms with Crippen LogP contribution in [-0.2, 0) is 4.79 Å². The Balaban J connectivity index is 3.53. The number of aldehydes is 1. The first-order chi connectivity index (χ1) is 5.48. The average Bonchev–Trinajstić information content (AvgIpc) is 1.85. The van der Waals surface area contributed by atoms with Gasteiger partial charge in [-0.2, -0.15) is 0 Å². The van der Waals surface area contributed by atoms with Gasteiger partial charge in [-0.15, -0.1) is 0 Å². The molecule has 0 aliphatic carbocycles. The van der Waals surface area contributed by atoms with E-state index in [0.29, 0.717) is 5.92 Å². The van der Waals surface area contributed by atoms with E-state index in [2.05, 4.69) is 13.8 Å². The second kappa shape index (κ2) is 5.31. The Hall–Kier alpha value is -0.370. The highest BCUT2D eigenvalue weighted by Crippen LogP contribution is 2.18. The Labute approximate surface area is 75.0 Å². The van der Waals surface area contributed by atoms with Gasteiger partial charge in [-0.3, -0.25) is 0 Å². The standard InChI is InChI=1S/C10H20O2/c1-9(2)5-4-6-10(3,12)7-8-11/h8-9,12H,4-7H2,1-3H3. The van der Waals surface area contributed by atoms with Gasteiger partial charge in [0.1, 0.15) is 6.29 Å². The monoisotopic (exact) mass is 172 g/mol. The van der Waals surface area contributed by atoms with Gasteiger partial charge in [-0.05, 0) is 19.3 Å². The predicted octanol–water partition coefficient (Wildman–Crippen LogP) is 2.15. The van der Waals surface area contributed by atoms with E-state index in [9.17, 15) is 9.90 Å². The maximum atomic E-state index is 10.2. The number of hydrogen-bond donors (Lipinski definition) is 1. The molecular weight excluding hydrogens is 152 g/mol. The smallest absolute Gasteiger partial charge is 0.122 e. The number of carbonyl (C=O) groups is 1. The van der Waals surface area contributed by atoms with Crippen molar-refractivity contribution < 1.29 is 9.90 Å². The molecule has 0 saturated carbocycles. The van der Waals surface area contributed by atoms with E-state index in [1.807, 2.05) is 0 Å². The third kappa shape index (κ3) is 6.35. The van der Waals surface area contributed by atoms with Crippen molar-refractivity contribution in [2.45, 2.75) is 52.1 Å². The van der Waals surface area contributed by atoms with Crippen LogP contribution in [0.3, 0.4) is 0 Å². The molecule has 72 valence electrons. The fourth-order valence-corrected chi connectivity index (χ4v) is 1.17. The predicted molar refractivity (Wildman–Crippen MR) is 50.0 cm³/mol. The minimum atomic E-state index is -0.781. The lowest BCUT2D eigenvalue weighted by atomic mass is 9.94. The number of hydrogen-bond acceptors (Lipinski definition) is 2. The fraction of sp³-hybridized carbons (Fsp3) is 0.900. The first kappa shape index (κ1) is 11.6. The maximum Gasteiger partial charge on any atom is 0.122 e. The van der Waals surface area contributed by atoms with Crippen molar-refractivity contribution in [2.24, 2.45) is 5.92 Å². The van der Waals surface area contributed by atoms with Crippen LogP contribution in [-0.4, -0.2) is 17.0 Å². The summed E-state index contributed by atoms with van der Waals surface area (Å²) in [5.74, 6) is 0.678. The molecule has 0 aromatic heterocycles. The van der Waals surface area contributed by atoms with E-state index in [-0.39, 0.29) is 6.42 Å². The van der Waals surface area contributed by atoms with Gasteiger partial charge < -0.3 is 9.90 Å². The summed E-state index contributed by atoms with van der Waals surface area (Å²) in [7, 11) is 0. The first-order valence-electron chi connectivity index (χ1n) is 4.64. The third-order valence-electron chi connectivity index (χ3n) is 2.02. The molecule has 0 aromatic carbocycles. The highest BCUT2D eigenvalue weighted by atomic mass is 16.3. The molecule has 0 aliphatic heterocycles. The normalized spacial score (nSPS) is 16.1. The summed E-state index contributed by atoms with van der Waals surface area (Å²) in [5.41, 5.74) is -0.781. The summed E-state index contributed by atoms with van der Waals surface area (Å²) < 4.78 is 0. The summed E-state index contributed by atoms with van der Waals surface area (Å²) >= 11 is 0. The zero-order chi connectivity index (χ0) is 9.61. The summed E-state index contributed by atoms with van der Waals surface area (Å²) in [6, 6.07) is 0. The Morgan fingerprint density at radius 3 is 2.50 bits per heavy atom. The van der Waals surface area contributed by atoms with Gasteiger partial charge >= 0.3 is 0 Å². The molecule has 0 amide bonds. The summed E-state index contributed by atoms with van der Waals surface area (Å²) in [5, 5.41) is 9.60. The molecule has 1 N–H and O–H groups in total. The second-order valence-electron chi connectivity index (χ2n) is 4.15. The summed E-state index contributed by atoms with van der Waals surface area (Å²) in [6.07, 6.45) is 3.89.